The maximum Gasteiger partial charge on any atom is 0.254 e. The molecule has 4 aromatic rings. The zero-order valence-corrected chi connectivity index (χ0v) is 21.9. The van der Waals surface area contributed by atoms with Crippen LogP contribution in [0.25, 0.3) is 33.5 Å². The van der Waals surface area contributed by atoms with Gasteiger partial charge in [-0.1, -0.05) is 6.07 Å². The number of carbonyl (C=O) groups is 1. The molecule has 1 saturated carbocycles. The largest absolute Gasteiger partial charge is 0.497 e. The third kappa shape index (κ3) is 4.03. The summed E-state index contributed by atoms with van der Waals surface area (Å²) >= 11 is 0. The van der Waals surface area contributed by atoms with Crippen molar-refractivity contribution in [3.63, 3.8) is 0 Å². The standard InChI is InChI=1S/C30H29FN4O4/c1-37-20-14-23(27(31)25(15-20)38-2)24-11-10-22-28(33-35(29(22)32-24)26-5-3-4-12-39-26)17-6-9-21-18(13-17)16-34(30(21)36)19-7-8-19/h6,9-11,13-15,19,26H,3-5,7-8,12,16H2,1-2H3. The number of nitrogens with zero attached hydrogens (tertiary/aromatic N) is 4. The number of amides is 1. The highest BCUT2D eigenvalue weighted by Crippen LogP contribution is 2.39. The molecular formula is C30H29FN4O4. The van der Waals surface area contributed by atoms with Gasteiger partial charge in [0.15, 0.2) is 23.4 Å². The summed E-state index contributed by atoms with van der Waals surface area (Å²) in [5, 5.41) is 5.85. The van der Waals surface area contributed by atoms with E-state index in [0.717, 1.165) is 59.9 Å². The number of aromatic nitrogens is 3. The Morgan fingerprint density at radius 2 is 1.87 bits per heavy atom. The van der Waals surface area contributed by atoms with Crippen molar-refractivity contribution >= 4 is 16.9 Å². The second kappa shape index (κ2) is 9.34. The predicted octanol–water partition coefficient (Wildman–Crippen LogP) is 5.74. The molecule has 2 fully saturated rings. The van der Waals surface area contributed by atoms with Crippen LogP contribution in [-0.2, 0) is 11.3 Å². The van der Waals surface area contributed by atoms with Crippen LogP contribution in [0.4, 0.5) is 4.39 Å². The number of rotatable bonds is 6. The first-order valence-electron chi connectivity index (χ1n) is 13.4. The summed E-state index contributed by atoms with van der Waals surface area (Å²) in [5.74, 6) is 0.174. The predicted molar refractivity (Wildman–Crippen MR) is 143 cm³/mol. The minimum Gasteiger partial charge on any atom is -0.497 e. The van der Waals surface area contributed by atoms with Crippen molar-refractivity contribution in [3.8, 4) is 34.0 Å². The van der Waals surface area contributed by atoms with Gasteiger partial charge in [-0.2, -0.15) is 5.10 Å². The molecule has 200 valence electrons. The van der Waals surface area contributed by atoms with Gasteiger partial charge >= 0.3 is 0 Å². The van der Waals surface area contributed by atoms with Gasteiger partial charge in [0.05, 0.1) is 19.9 Å². The Hall–Kier alpha value is -3.98. The number of carbonyl (C=O) groups excluding carboxylic acids is 1. The molecule has 8 nitrogen and oxygen atoms in total. The molecule has 1 unspecified atom stereocenters. The lowest BCUT2D eigenvalue weighted by Crippen LogP contribution is -2.25. The Bertz CT molecular complexity index is 1610. The van der Waals surface area contributed by atoms with Crippen LogP contribution >= 0.6 is 0 Å². The van der Waals surface area contributed by atoms with E-state index < -0.39 is 5.82 Å². The molecule has 2 aromatic heterocycles. The SMILES string of the molecule is COc1cc(OC)c(F)c(-c2ccc3c(-c4ccc5c(c4)CN(C4CC4)C5=O)nn(C4CCCCO4)c3n2)c1. The molecular weight excluding hydrogens is 499 g/mol. The van der Waals surface area contributed by atoms with E-state index in [4.69, 9.17) is 24.3 Å². The summed E-state index contributed by atoms with van der Waals surface area (Å²) < 4.78 is 33.9. The van der Waals surface area contributed by atoms with Gasteiger partial charge in [0.1, 0.15) is 11.4 Å². The fraction of sp³-hybridized carbons (Fsp3) is 0.367. The third-order valence-electron chi connectivity index (χ3n) is 7.93. The number of methoxy groups -OCH3 is 2. The summed E-state index contributed by atoms with van der Waals surface area (Å²) in [5.41, 5.74) is 4.82. The fourth-order valence-corrected chi connectivity index (χ4v) is 5.69. The highest BCUT2D eigenvalue weighted by atomic mass is 19.1. The first-order valence-corrected chi connectivity index (χ1v) is 13.4. The van der Waals surface area contributed by atoms with Crippen LogP contribution in [0.1, 0.15) is 54.3 Å². The molecule has 1 amide bonds. The number of pyridine rings is 1. The van der Waals surface area contributed by atoms with Gasteiger partial charge in [-0.15, -0.1) is 0 Å². The van der Waals surface area contributed by atoms with E-state index in [0.29, 0.717) is 36.3 Å². The number of ether oxygens (including phenoxy) is 3. The smallest absolute Gasteiger partial charge is 0.254 e. The van der Waals surface area contributed by atoms with E-state index in [1.54, 1.807) is 12.1 Å². The Morgan fingerprint density at radius 1 is 1.00 bits per heavy atom. The quantitative estimate of drug-likeness (QED) is 0.318. The van der Waals surface area contributed by atoms with Crippen LogP contribution in [0.15, 0.2) is 42.5 Å². The molecule has 2 aromatic carbocycles. The van der Waals surface area contributed by atoms with Crippen molar-refractivity contribution in [2.75, 3.05) is 20.8 Å². The van der Waals surface area contributed by atoms with E-state index in [2.05, 4.69) is 6.07 Å². The number of benzene rings is 2. The Balaban J connectivity index is 1.36. The maximum atomic E-state index is 15.4. The molecule has 0 spiro atoms. The van der Waals surface area contributed by atoms with Gasteiger partial charge < -0.3 is 19.1 Å². The Labute approximate surface area is 225 Å². The van der Waals surface area contributed by atoms with Crippen LogP contribution in [-0.4, -0.2) is 52.4 Å². The molecule has 2 aliphatic heterocycles. The first-order chi connectivity index (χ1) is 19.1. The highest BCUT2D eigenvalue weighted by molar-refractivity contribution is 6.00. The summed E-state index contributed by atoms with van der Waals surface area (Å²) in [4.78, 5) is 19.8. The van der Waals surface area contributed by atoms with Gasteiger partial charge in [-0.3, -0.25) is 4.79 Å². The summed E-state index contributed by atoms with van der Waals surface area (Å²) in [7, 11) is 2.96. The fourth-order valence-electron chi connectivity index (χ4n) is 5.69. The minimum atomic E-state index is -0.506. The summed E-state index contributed by atoms with van der Waals surface area (Å²) in [6.45, 7) is 1.29. The van der Waals surface area contributed by atoms with Crippen molar-refractivity contribution in [1.82, 2.24) is 19.7 Å². The van der Waals surface area contributed by atoms with Gasteiger partial charge in [0, 0.05) is 47.3 Å². The molecule has 9 heteroatoms. The van der Waals surface area contributed by atoms with Crippen molar-refractivity contribution in [2.45, 2.75) is 50.9 Å². The summed E-state index contributed by atoms with van der Waals surface area (Å²) in [6, 6.07) is 13.2. The molecule has 1 aliphatic carbocycles. The number of halogens is 1. The van der Waals surface area contributed by atoms with E-state index in [9.17, 15) is 4.79 Å². The molecule has 0 radical (unpaired) electrons. The van der Waals surface area contributed by atoms with Gasteiger partial charge in [0.25, 0.3) is 5.91 Å². The van der Waals surface area contributed by atoms with Gasteiger partial charge in [-0.25, -0.2) is 14.1 Å². The van der Waals surface area contributed by atoms with Crippen molar-refractivity contribution < 1.29 is 23.4 Å². The molecule has 3 aliphatic rings. The minimum absolute atomic E-state index is 0.0870. The zero-order chi connectivity index (χ0) is 26.7. The van der Waals surface area contributed by atoms with Crippen LogP contribution in [0.5, 0.6) is 11.5 Å². The molecule has 7 rings (SSSR count). The van der Waals surface area contributed by atoms with Crippen LogP contribution in [0.3, 0.4) is 0 Å². The number of hydrogen-bond acceptors (Lipinski definition) is 6. The second-order valence-electron chi connectivity index (χ2n) is 10.4. The lowest BCUT2D eigenvalue weighted by atomic mass is 10.0. The molecule has 1 saturated heterocycles. The normalized spacial score (nSPS) is 19.0. The lowest BCUT2D eigenvalue weighted by molar-refractivity contribution is -0.0368. The van der Waals surface area contributed by atoms with E-state index in [1.807, 2.05) is 27.8 Å². The average molecular weight is 529 g/mol. The van der Waals surface area contributed by atoms with Crippen LogP contribution in [0, 0.1) is 5.82 Å². The molecule has 0 bridgehead atoms. The summed E-state index contributed by atoms with van der Waals surface area (Å²) in [6.07, 6.45) is 4.75. The van der Waals surface area contributed by atoms with Crippen molar-refractivity contribution in [2.24, 2.45) is 0 Å². The average Bonchev–Trinajstić information content (AvgIpc) is 3.67. The first kappa shape index (κ1) is 24.1. The lowest BCUT2D eigenvalue weighted by Gasteiger charge is -2.23. The zero-order valence-electron chi connectivity index (χ0n) is 21.9. The number of hydrogen-bond donors (Lipinski definition) is 0. The van der Waals surface area contributed by atoms with E-state index >= 15 is 4.39 Å². The Morgan fingerprint density at radius 3 is 2.62 bits per heavy atom. The van der Waals surface area contributed by atoms with Crippen molar-refractivity contribution in [3.05, 3.63) is 59.4 Å². The van der Waals surface area contributed by atoms with Crippen molar-refractivity contribution in [1.29, 1.82) is 0 Å². The molecule has 4 heterocycles. The van der Waals surface area contributed by atoms with Gasteiger partial charge in [0.2, 0.25) is 0 Å². The number of fused-ring (bicyclic) bond motifs is 2. The second-order valence-corrected chi connectivity index (χ2v) is 10.4. The Kier molecular flexibility index (Phi) is 5.77. The van der Waals surface area contributed by atoms with Crippen LogP contribution < -0.4 is 9.47 Å². The maximum absolute atomic E-state index is 15.4. The molecule has 39 heavy (non-hydrogen) atoms. The molecule has 0 N–H and O–H groups in total. The van der Waals surface area contributed by atoms with Gasteiger partial charge in [-0.05, 0) is 68.0 Å². The topological polar surface area (TPSA) is 78.7 Å². The van der Waals surface area contributed by atoms with E-state index in [-0.39, 0.29) is 23.4 Å². The monoisotopic (exact) mass is 528 g/mol. The third-order valence-corrected chi connectivity index (χ3v) is 7.93. The van der Waals surface area contributed by atoms with Crippen LogP contribution in [0.2, 0.25) is 0 Å². The molecule has 1 atom stereocenters. The van der Waals surface area contributed by atoms with E-state index in [1.165, 1.54) is 20.3 Å². The highest BCUT2D eigenvalue weighted by Gasteiger charge is 2.38.